The molecule has 0 unspecified atom stereocenters. The summed E-state index contributed by atoms with van der Waals surface area (Å²) >= 11 is 0. The normalized spacial score (nSPS) is 9.62. The number of anilines is 1. The predicted molar refractivity (Wildman–Crippen MR) is 62.3 cm³/mol. The summed E-state index contributed by atoms with van der Waals surface area (Å²) in [6.07, 6.45) is 1.56. The number of amides is 1. The standard InChI is InChI=1S/C12H16NO3/c1-3-4-9-16-11-7-5-10(6-8-11)13-12(14)15-2/h5-8H,2-4,9H2,1H3,(H,13,14). The third-order valence-electron chi connectivity index (χ3n) is 2.00. The molecule has 0 heterocycles. The van der Waals surface area contributed by atoms with Crippen molar-refractivity contribution in [1.29, 1.82) is 0 Å². The number of ether oxygens (including phenoxy) is 2. The van der Waals surface area contributed by atoms with E-state index < -0.39 is 6.09 Å². The first-order chi connectivity index (χ1) is 7.76. The lowest BCUT2D eigenvalue weighted by molar-refractivity contribution is 0.199. The van der Waals surface area contributed by atoms with Crippen molar-refractivity contribution < 1.29 is 14.3 Å². The van der Waals surface area contributed by atoms with Crippen LogP contribution in [0.1, 0.15) is 19.8 Å². The number of carbonyl (C=O) groups excluding carboxylic acids is 1. The number of nitrogens with one attached hydrogen (secondary N) is 1. The summed E-state index contributed by atoms with van der Waals surface area (Å²) in [4.78, 5) is 10.8. The smallest absolute Gasteiger partial charge is 0.411 e. The van der Waals surface area contributed by atoms with Gasteiger partial charge in [-0.2, -0.15) is 0 Å². The highest BCUT2D eigenvalue weighted by atomic mass is 16.5. The molecule has 1 radical (unpaired) electrons. The molecule has 0 bridgehead atoms. The predicted octanol–water partition coefficient (Wildman–Crippen LogP) is 3.21. The van der Waals surface area contributed by atoms with Crippen LogP contribution in [0.4, 0.5) is 10.5 Å². The number of unbranched alkanes of at least 4 members (excludes halogenated alkanes) is 1. The Morgan fingerprint density at radius 1 is 1.38 bits per heavy atom. The Kier molecular flexibility index (Phi) is 5.19. The van der Waals surface area contributed by atoms with Gasteiger partial charge in [0.1, 0.15) is 12.9 Å². The summed E-state index contributed by atoms with van der Waals surface area (Å²) in [5.41, 5.74) is 0.650. The molecule has 1 aromatic carbocycles. The van der Waals surface area contributed by atoms with Crippen LogP contribution in [0.3, 0.4) is 0 Å². The van der Waals surface area contributed by atoms with Crippen LogP contribution in [0.25, 0.3) is 0 Å². The molecule has 0 aliphatic carbocycles. The molecule has 4 heteroatoms. The maximum atomic E-state index is 10.8. The molecule has 1 rings (SSSR count). The number of hydrogen-bond donors (Lipinski definition) is 1. The number of rotatable bonds is 5. The topological polar surface area (TPSA) is 47.6 Å². The highest BCUT2D eigenvalue weighted by Crippen LogP contribution is 2.16. The molecule has 16 heavy (non-hydrogen) atoms. The third-order valence-corrected chi connectivity index (χ3v) is 2.00. The van der Waals surface area contributed by atoms with Gasteiger partial charge in [-0.05, 0) is 30.7 Å². The second-order valence-corrected chi connectivity index (χ2v) is 3.28. The molecule has 1 N–H and O–H groups in total. The Bertz CT molecular complexity index is 322. The van der Waals surface area contributed by atoms with Crippen molar-refractivity contribution in [2.24, 2.45) is 0 Å². The largest absolute Gasteiger partial charge is 0.494 e. The number of carbonyl (C=O) groups is 1. The van der Waals surface area contributed by atoms with E-state index in [1.807, 2.05) is 0 Å². The molecular formula is C12H16NO3. The van der Waals surface area contributed by atoms with E-state index >= 15 is 0 Å². The molecule has 87 valence electrons. The van der Waals surface area contributed by atoms with E-state index in [2.05, 4.69) is 24.1 Å². The van der Waals surface area contributed by atoms with Gasteiger partial charge in [-0.3, -0.25) is 5.32 Å². The molecule has 0 aliphatic rings. The molecule has 1 amide bonds. The highest BCUT2D eigenvalue weighted by molar-refractivity contribution is 5.84. The monoisotopic (exact) mass is 222 g/mol. The van der Waals surface area contributed by atoms with Crippen LogP contribution >= 0.6 is 0 Å². The van der Waals surface area contributed by atoms with Crippen molar-refractivity contribution in [2.75, 3.05) is 11.9 Å². The first kappa shape index (κ1) is 12.4. The van der Waals surface area contributed by atoms with Crippen molar-refractivity contribution in [1.82, 2.24) is 0 Å². The Balaban J connectivity index is 2.44. The lowest BCUT2D eigenvalue weighted by Crippen LogP contribution is -2.09. The first-order valence-electron chi connectivity index (χ1n) is 5.22. The fraction of sp³-hybridized carbons (Fsp3) is 0.333. The zero-order chi connectivity index (χ0) is 11.8. The molecule has 4 nitrogen and oxygen atoms in total. The molecule has 0 saturated heterocycles. The van der Waals surface area contributed by atoms with E-state index in [0.29, 0.717) is 12.3 Å². The van der Waals surface area contributed by atoms with E-state index in [-0.39, 0.29) is 0 Å². The molecule has 0 fully saturated rings. The average molecular weight is 222 g/mol. The summed E-state index contributed by atoms with van der Waals surface area (Å²) in [7, 11) is 3.01. The lowest BCUT2D eigenvalue weighted by atomic mass is 10.3. The molecule has 0 spiro atoms. The van der Waals surface area contributed by atoms with E-state index in [9.17, 15) is 4.79 Å². The Morgan fingerprint density at radius 3 is 2.62 bits per heavy atom. The van der Waals surface area contributed by atoms with Gasteiger partial charge in [0.25, 0.3) is 0 Å². The van der Waals surface area contributed by atoms with Gasteiger partial charge in [0.05, 0.1) is 6.61 Å². The maximum absolute atomic E-state index is 10.8. The second-order valence-electron chi connectivity index (χ2n) is 3.28. The molecule has 0 aromatic heterocycles. The Labute approximate surface area is 95.6 Å². The van der Waals surface area contributed by atoms with Gasteiger partial charge in [0, 0.05) is 5.69 Å². The third kappa shape index (κ3) is 4.21. The van der Waals surface area contributed by atoms with Crippen LogP contribution in [-0.4, -0.2) is 12.7 Å². The first-order valence-corrected chi connectivity index (χ1v) is 5.22. The fourth-order valence-corrected chi connectivity index (χ4v) is 1.12. The van der Waals surface area contributed by atoms with Gasteiger partial charge in [0.2, 0.25) is 0 Å². The van der Waals surface area contributed by atoms with Crippen LogP contribution in [0, 0.1) is 7.11 Å². The van der Waals surface area contributed by atoms with Crippen LogP contribution in [0.5, 0.6) is 5.75 Å². The maximum Gasteiger partial charge on any atom is 0.411 e. The lowest BCUT2D eigenvalue weighted by Gasteiger charge is -2.07. The van der Waals surface area contributed by atoms with Crippen molar-refractivity contribution >= 4 is 11.8 Å². The SMILES string of the molecule is [CH2]OC(=O)Nc1ccc(OCCCC)cc1. The zero-order valence-corrected chi connectivity index (χ0v) is 9.36. The minimum absolute atomic E-state index is 0.584. The molecule has 1 aromatic rings. The van der Waals surface area contributed by atoms with E-state index in [0.717, 1.165) is 18.6 Å². The van der Waals surface area contributed by atoms with E-state index in [1.54, 1.807) is 24.3 Å². The highest BCUT2D eigenvalue weighted by Gasteiger charge is 2.00. The van der Waals surface area contributed by atoms with Gasteiger partial charge < -0.3 is 9.47 Å². The van der Waals surface area contributed by atoms with Gasteiger partial charge in [0.15, 0.2) is 0 Å². The molecule has 0 aliphatic heterocycles. The summed E-state index contributed by atoms with van der Waals surface area (Å²) in [5, 5.41) is 2.51. The van der Waals surface area contributed by atoms with Crippen LogP contribution in [-0.2, 0) is 4.74 Å². The summed E-state index contributed by atoms with van der Waals surface area (Å²) < 4.78 is 9.71. The van der Waals surface area contributed by atoms with E-state index in [1.165, 1.54) is 0 Å². The van der Waals surface area contributed by atoms with Crippen molar-refractivity contribution in [3.05, 3.63) is 31.4 Å². The minimum atomic E-state index is -0.584. The quantitative estimate of drug-likeness (QED) is 0.778. The summed E-state index contributed by atoms with van der Waals surface area (Å²) in [6.45, 7) is 2.82. The van der Waals surface area contributed by atoms with Crippen molar-refractivity contribution in [3.63, 3.8) is 0 Å². The number of hydrogen-bond acceptors (Lipinski definition) is 3. The molecule has 0 atom stereocenters. The van der Waals surface area contributed by atoms with Crippen LogP contribution in [0.15, 0.2) is 24.3 Å². The van der Waals surface area contributed by atoms with Gasteiger partial charge in [-0.15, -0.1) is 0 Å². The van der Waals surface area contributed by atoms with Gasteiger partial charge >= 0.3 is 6.09 Å². The zero-order valence-electron chi connectivity index (χ0n) is 9.36. The molecular weight excluding hydrogens is 206 g/mol. The van der Waals surface area contributed by atoms with Crippen molar-refractivity contribution in [2.45, 2.75) is 19.8 Å². The van der Waals surface area contributed by atoms with E-state index in [4.69, 9.17) is 4.74 Å². The second kappa shape index (κ2) is 6.71. The number of benzene rings is 1. The van der Waals surface area contributed by atoms with Crippen molar-refractivity contribution in [3.8, 4) is 5.75 Å². The Hall–Kier alpha value is -1.71. The Morgan fingerprint density at radius 2 is 2.06 bits per heavy atom. The average Bonchev–Trinajstić information content (AvgIpc) is 2.31. The minimum Gasteiger partial charge on any atom is -0.494 e. The molecule has 0 saturated carbocycles. The summed E-state index contributed by atoms with van der Waals surface area (Å²) in [6, 6.07) is 7.10. The fourth-order valence-electron chi connectivity index (χ4n) is 1.12. The van der Waals surface area contributed by atoms with Crippen LogP contribution < -0.4 is 10.1 Å². The van der Waals surface area contributed by atoms with Gasteiger partial charge in [-0.1, -0.05) is 13.3 Å². The van der Waals surface area contributed by atoms with Gasteiger partial charge in [-0.25, -0.2) is 4.79 Å². The summed E-state index contributed by atoms with van der Waals surface area (Å²) in [5.74, 6) is 0.794. The van der Waals surface area contributed by atoms with Crippen LogP contribution in [0.2, 0.25) is 0 Å².